The molecule has 116 valence electrons. The number of hydrogen-bond acceptors (Lipinski definition) is 3. The van der Waals surface area contributed by atoms with Gasteiger partial charge >= 0.3 is 0 Å². The maximum Gasteiger partial charge on any atom is 0.222 e. The number of rotatable bonds is 6. The standard InChI is InChI=1S/C16H31N3O/c1-14(6-9-17)4-5-16(20)19-12-7-15(8-13-19)18-10-2-3-11-18/h14-15H,2-13,17H2,1H3. The number of nitrogens with two attached hydrogens (primary N) is 1. The highest BCUT2D eigenvalue weighted by atomic mass is 16.2. The summed E-state index contributed by atoms with van der Waals surface area (Å²) in [7, 11) is 0. The monoisotopic (exact) mass is 281 g/mol. The minimum atomic E-state index is 0.355. The van der Waals surface area contributed by atoms with Crippen molar-refractivity contribution in [3.63, 3.8) is 0 Å². The lowest BCUT2D eigenvalue weighted by molar-refractivity contribution is -0.133. The summed E-state index contributed by atoms with van der Waals surface area (Å²) >= 11 is 0. The van der Waals surface area contributed by atoms with Crippen LogP contribution in [-0.4, -0.2) is 54.5 Å². The molecule has 0 aromatic heterocycles. The Labute approximate surface area is 123 Å². The Morgan fingerprint density at radius 2 is 1.80 bits per heavy atom. The van der Waals surface area contributed by atoms with Gasteiger partial charge < -0.3 is 15.5 Å². The van der Waals surface area contributed by atoms with Crippen molar-refractivity contribution in [3.8, 4) is 0 Å². The Kier molecular flexibility index (Phi) is 6.30. The molecular formula is C16H31N3O. The second-order valence-electron chi connectivity index (χ2n) is 6.58. The molecule has 0 saturated carbocycles. The van der Waals surface area contributed by atoms with Gasteiger partial charge in [-0.05, 0) is 64.1 Å². The van der Waals surface area contributed by atoms with E-state index in [0.717, 1.165) is 38.5 Å². The fraction of sp³-hybridized carbons (Fsp3) is 0.938. The Morgan fingerprint density at radius 3 is 2.40 bits per heavy atom. The average Bonchev–Trinajstić information content (AvgIpc) is 2.99. The van der Waals surface area contributed by atoms with E-state index >= 15 is 0 Å². The van der Waals surface area contributed by atoms with Crippen molar-refractivity contribution in [2.75, 3.05) is 32.7 Å². The smallest absolute Gasteiger partial charge is 0.222 e. The number of likely N-dealkylation sites (tertiary alicyclic amines) is 2. The molecule has 2 aliphatic rings. The van der Waals surface area contributed by atoms with Crippen molar-refractivity contribution in [2.24, 2.45) is 11.7 Å². The predicted octanol–water partition coefficient (Wildman–Crippen LogP) is 1.84. The van der Waals surface area contributed by atoms with Crippen molar-refractivity contribution in [2.45, 2.75) is 57.9 Å². The highest BCUT2D eigenvalue weighted by Gasteiger charge is 2.28. The largest absolute Gasteiger partial charge is 0.343 e. The third kappa shape index (κ3) is 4.45. The normalized spacial score (nSPS) is 23.2. The van der Waals surface area contributed by atoms with Crippen molar-refractivity contribution < 1.29 is 4.79 Å². The van der Waals surface area contributed by atoms with E-state index in [1.807, 2.05) is 0 Å². The van der Waals surface area contributed by atoms with Crippen LogP contribution in [0.15, 0.2) is 0 Å². The lowest BCUT2D eigenvalue weighted by atomic mass is 9.99. The van der Waals surface area contributed by atoms with Gasteiger partial charge in [0.1, 0.15) is 0 Å². The van der Waals surface area contributed by atoms with Gasteiger partial charge in [-0.3, -0.25) is 4.79 Å². The van der Waals surface area contributed by atoms with Crippen LogP contribution in [0.25, 0.3) is 0 Å². The maximum atomic E-state index is 12.2. The van der Waals surface area contributed by atoms with E-state index in [9.17, 15) is 4.79 Å². The molecule has 4 nitrogen and oxygen atoms in total. The first-order valence-corrected chi connectivity index (χ1v) is 8.42. The Balaban J connectivity index is 1.66. The summed E-state index contributed by atoms with van der Waals surface area (Å²) in [6.07, 6.45) is 7.78. The molecule has 0 aromatic rings. The van der Waals surface area contributed by atoms with Crippen molar-refractivity contribution in [3.05, 3.63) is 0 Å². The molecule has 1 amide bonds. The first-order valence-electron chi connectivity index (χ1n) is 8.42. The molecule has 2 N–H and O–H groups in total. The van der Waals surface area contributed by atoms with E-state index in [0.29, 0.717) is 18.2 Å². The van der Waals surface area contributed by atoms with Gasteiger partial charge in [0.25, 0.3) is 0 Å². The molecule has 0 spiro atoms. The summed E-state index contributed by atoms with van der Waals surface area (Å²) < 4.78 is 0. The van der Waals surface area contributed by atoms with Crippen molar-refractivity contribution in [1.29, 1.82) is 0 Å². The molecule has 1 atom stereocenters. The topological polar surface area (TPSA) is 49.6 Å². The molecule has 2 fully saturated rings. The first-order chi connectivity index (χ1) is 9.70. The van der Waals surface area contributed by atoms with Gasteiger partial charge in [0.2, 0.25) is 5.91 Å². The van der Waals surface area contributed by atoms with E-state index in [2.05, 4.69) is 16.7 Å². The van der Waals surface area contributed by atoms with Gasteiger partial charge in [-0.1, -0.05) is 6.92 Å². The highest BCUT2D eigenvalue weighted by Crippen LogP contribution is 2.22. The number of nitrogens with zero attached hydrogens (tertiary/aromatic N) is 2. The first kappa shape index (κ1) is 15.8. The molecule has 0 aromatic carbocycles. The van der Waals surface area contributed by atoms with Crippen LogP contribution in [0.2, 0.25) is 0 Å². The minimum Gasteiger partial charge on any atom is -0.343 e. The lowest BCUT2D eigenvalue weighted by Gasteiger charge is -2.36. The van der Waals surface area contributed by atoms with Gasteiger partial charge in [-0.2, -0.15) is 0 Å². The van der Waals surface area contributed by atoms with E-state index in [-0.39, 0.29) is 0 Å². The molecule has 0 aliphatic carbocycles. The summed E-state index contributed by atoms with van der Waals surface area (Å²) in [5, 5.41) is 0. The fourth-order valence-electron chi connectivity index (χ4n) is 3.54. The fourth-order valence-corrected chi connectivity index (χ4v) is 3.54. The number of carbonyl (C=O) groups is 1. The molecule has 0 bridgehead atoms. The van der Waals surface area contributed by atoms with Crippen LogP contribution in [0.5, 0.6) is 0 Å². The zero-order valence-electron chi connectivity index (χ0n) is 13.0. The van der Waals surface area contributed by atoms with E-state index in [4.69, 9.17) is 5.73 Å². The molecule has 20 heavy (non-hydrogen) atoms. The molecule has 1 unspecified atom stereocenters. The van der Waals surface area contributed by atoms with Gasteiger partial charge in [0, 0.05) is 25.6 Å². The number of piperidine rings is 1. The SMILES string of the molecule is CC(CCN)CCC(=O)N1CCC(N2CCCC2)CC1. The van der Waals surface area contributed by atoms with Crippen LogP contribution < -0.4 is 5.73 Å². The van der Waals surface area contributed by atoms with Crippen LogP contribution in [0.1, 0.15) is 51.9 Å². The van der Waals surface area contributed by atoms with Crippen molar-refractivity contribution >= 4 is 5.91 Å². The third-order valence-corrected chi connectivity index (χ3v) is 4.98. The Bertz CT molecular complexity index is 294. The molecule has 2 rings (SSSR count). The van der Waals surface area contributed by atoms with Crippen LogP contribution in [-0.2, 0) is 4.79 Å². The molecule has 2 saturated heterocycles. The Hall–Kier alpha value is -0.610. The number of hydrogen-bond donors (Lipinski definition) is 1. The number of carbonyl (C=O) groups excluding carboxylic acids is 1. The molecule has 4 heteroatoms. The summed E-state index contributed by atoms with van der Waals surface area (Å²) in [5.74, 6) is 0.930. The third-order valence-electron chi connectivity index (χ3n) is 4.98. The van der Waals surface area contributed by atoms with Crippen LogP contribution >= 0.6 is 0 Å². The highest BCUT2D eigenvalue weighted by molar-refractivity contribution is 5.76. The summed E-state index contributed by atoms with van der Waals surface area (Å²) in [6.45, 7) is 7.40. The van der Waals surface area contributed by atoms with Gasteiger partial charge in [0.15, 0.2) is 0 Å². The molecular weight excluding hydrogens is 250 g/mol. The quantitative estimate of drug-likeness (QED) is 0.808. The molecule has 2 heterocycles. The maximum absolute atomic E-state index is 12.2. The zero-order chi connectivity index (χ0) is 14.4. The molecule has 2 aliphatic heterocycles. The number of amides is 1. The van der Waals surface area contributed by atoms with E-state index in [1.165, 1.54) is 38.8 Å². The summed E-state index contributed by atoms with van der Waals surface area (Å²) in [5.41, 5.74) is 5.55. The second kappa shape index (κ2) is 7.99. The van der Waals surface area contributed by atoms with E-state index in [1.54, 1.807) is 0 Å². The Morgan fingerprint density at radius 1 is 1.15 bits per heavy atom. The van der Waals surface area contributed by atoms with Crippen LogP contribution in [0.4, 0.5) is 0 Å². The summed E-state index contributed by atoms with van der Waals surface area (Å²) in [6, 6.07) is 0.734. The zero-order valence-corrected chi connectivity index (χ0v) is 13.0. The van der Waals surface area contributed by atoms with Gasteiger partial charge in [-0.15, -0.1) is 0 Å². The summed E-state index contributed by atoms with van der Waals surface area (Å²) in [4.78, 5) is 16.9. The average molecular weight is 281 g/mol. The molecule has 0 radical (unpaired) electrons. The minimum absolute atomic E-state index is 0.355. The predicted molar refractivity (Wildman–Crippen MR) is 82.5 cm³/mol. The lowest BCUT2D eigenvalue weighted by Crippen LogP contribution is -2.45. The van der Waals surface area contributed by atoms with E-state index < -0.39 is 0 Å². The second-order valence-corrected chi connectivity index (χ2v) is 6.58. The van der Waals surface area contributed by atoms with Gasteiger partial charge in [-0.25, -0.2) is 0 Å². The van der Waals surface area contributed by atoms with Gasteiger partial charge in [0.05, 0.1) is 0 Å². The van der Waals surface area contributed by atoms with Crippen LogP contribution in [0.3, 0.4) is 0 Å². The van der Waals surface area contributed by atoms with Crippen LogP contribution in [0, 0.1) is 5.92 Å². The van der Waals surface area contributed by atoms with Crippen molar-refractivity contribution in [1.82, 2.24) is 9.80 Å².